The van der Waals surface area contributed by atoms with Gasteiger partial charge >= 0.3 is 0 Å². The molecule has 0 spiro atoms. The van der Waals surface area contributed by atoms with Crippen LogP contribution in [0, 0.1) is 0 Å². The zero-order valence-corrected chi connectivity index (χ0v) is 14.7. The van der Waals surface area contributed by atoms with Crippen LogP contribution >= 0.6 is 22.6 Å². The first-order valence-corrected chi connectivity index (χ1v) is 8.74. The number of nitrogens with zero attached hydrogens (tertiary/aromatic N) is 3. The number of benzene rings is 1. The molecule has 6 nitrogen and oxygen atoms in total. The van der Waals surface area contributed by atoms with E-state index >= 15 is 0 Å². The van der Waals surface area contributed by atoms with Gasteiger partial charge in [0.2, 0.25) is 5.91 Å². The van der Waals surface area contributed by atoms with E-state index in [1.54, 1.807) is 16.6 Å². The lowest BCUT2D eigenvalue weighted by Crippen LogP contribution is -2.10. The average Bonchev–Trinajstić information content (AvgIpc) is 2.98. The molecule has 118 valence electrons. The normalized spacial score (nSPS) is 10.9. The van der Waals surface area contributed by atoms with E-state index in [-0.39, 0.29) is 0 Å². The van der Waals surface area contributed by atoms with Crippen LogP contribution in [0.5, 0.6) is 0 Å². The van der Waals surface area contributed by atoms with Gasteiger partial charge in [-0.1, -0.05) is 29.5 Å². The lowest BCUT2D eigenvalue weighted by molar-refractivity contribution is 0.100. The molecule has 0 aliphatic carbocycles. The van der Waals surface area contributed by atoms with Crippen molar-refractivity contribution in [3.05, 3.63) is 53.3 Å². The maximum absolute atomic E-state index is 11.1. The number of hydrogen-bond donors (Lipinski definition) is 2. The number of nitrogens with one attached hydrogen (secondary N) is 1. The van der Waals surface area contributed by atoms with Gasteiger partial charge in [-0.3, -0.25) is 4.79 Å². The quantitative estimate of drug-likeness (QED) is 0.490. The van der Waals surface area contributed by atoms with Crippen LogP contribution in [-0.2, 0) is 10.8 Å². The van der Waals surface area contributed by atoms with Crippen molar-refractivity contribution < 1.29 is 4.79 Å². The van der Waals surface area contributed by atoms with E-state index in [4.69, 9.17) is 5.73 Å². The zero-order chi connectivity index (χ0) is 16.4. The fourth-order valence-electron chi connectivity index (χ4n) is 2.33. The average molecular weight is 421 g/mol. The Bertz CT molecular complexity index is 857. The van der Waals surface area contributed by atoms with Gasteiger partial charge < -0.3 is 11.1 Å². The highest BCUT2D eigenvalue weighted by Gasteiger charge is 2.10. The van der Waals surface area contributed by atoms with Gasteiger partial charge in [-0.15, -0.1) is 0 Å². The molecule has 0 aliphatic heterocycles. The number of carbonyl (C=O) groups excluding carboxylic acids is 1. The number of hydrogen-bond acceptors (Lipinski definition) is 4. The van der Waals surface area contributed by atoms with Gasteiger partial charge in [0.25, 0.3) is 0 Å². The van der Waals surface area contributed by atoms with E-state index in [9.17, 15) is 4.79 Å². The molecule has 7 heteroatoms. The molecule has 2 aromatic heterocycles. The third kappa shape index (κ3) is 3.14. The molecule has 0 fully saturated rings. The van der Waals surface area contributed by atoms with Crippen LogP contribution in [0.3, 0.4) is 0 Å². The minimum Gasteiger partial charge on any atom is -0.366 e. The molecule has 0 bridgehead atoms. The summed E-state index contributed by atoms with van der Waals surface area (Å²) in [5, 5.41) is 7.75. The largest absolute Gasteiger partial charge is 0.366 e. The minimum absolute atomic E-state index is 0.435. The van der Waals surface area contributed by atoms with Gasteiger partial charge in [0.1, 0.15) is 5.82 Å². The van der Waals surface area contributed by atoms with Gasteiger partial charge in [0.15, 0.2) is 5.65 Å². The number of alkyl halides is 1. The molecule has 0 aliphatic rings. The fourth-order valence-corrected chi connectivity index (χ4v) is 2.72. The molecule has 0 unspecified atom stereocenters. The second kappa shape index (κ2) is 6.53. The van der Waals surface area contributed by atoms with Crippen LogP contribution < -0.4 is 11.1 Å². The second-order valence-corrected chi connectivity index (χ2v) is 5.85. The Morgan fingerprint density at radius 2 is 2.09 bits per heavy atom. The van der Waals surface area contributed by atoms with Crippen LogP contribution in [0.15, 0.2) is 36.5 Å². The number of primary amides is 1. The van der Waals surface area contributed by atoms with Crippen LogP contribution in [0.25, 0.3) is 5.65 Å². The van der Waals surface area contributed by atoms with E-state index in [1.165, 1.54) is 0 Å². The molecule has 2 heterocycles. The summed E-state index contributed by atoms with van der Waals surface area (Å²) < 4.78 is 2.62. The summed E-state index contributed by atoms with van der Waals surface area (Å²) in [5.41, 5.74) is 9.58. The standard InChI is InChI=1S/C16H16IN5O/c1-2-10-9-19-22-14(7-13(8-17)21-16(10)22)20-12-5-3-11(4-6-12)15(18)23/h3-7,9,20H,2,8H2,1H3,(H2,18,23). The number of halogens is 1. The van der Waals surface area contributed by atoms with Crippen molar-refractivity contribution in [3.8, 4) is 0 Å². The summed E-state index contributed by atoms with van der Waals surface area (Å²) in [6, 6.07) is 9.01. The number of aromatic nitrogens is 3. The smallest absolute Gasteiger partial charge is 0.248 e. The molecule has 0 saturated carbocycles. The lowest BCUT2D eigenvalue weighted by Gasteiger charge is -2.10. The number of aryl methyl sites for hydroxylation is 1. The fraction of sp³-hybridized carbons (Fsp3) is 0.188. The van der Waals surface area contributed by atoms with E-state index in [1.807, 2.05) is 24.4 Å². The SMILES string of the molecule is CCc1cnn2c(Nc3ccc(C(N)=O)cc3)cc(CI)nc12. The maximum atomic E-state index is 11.1. The molecule has 0 radical (unpaired) electrons. The first-order valence-electron chi connectivity index (χ1n) is 7.21. The molecule has 3 aromatic rings. The number of anilines is 2. The van der Waals surface area contributed by atoms with Crippen molar-refractivity contribution in [1.82, 2.24) is 14.6 Å². The van der Waals surface area contributed by atoms with E-state index in [2.05, 4.69) is 44.9 Å². The van der Waals surface area contributed by atoms with Crippen LogP contribution in [0.2, 0.25) is 0 Å². The molecule has 1 amide bonds. The third-order valence-corrected chi connectivity index (χ3v) is 4.34. The summed E-state index contributed by atoms with van der Waals surface area (Å²) in [6.07, 6.45) is 2.73. The Labute approximate surface area is 147 Å². The Hall–Kier alpha value is -2.16. The highest BCUT2D eigenvalue weighted by atomic mass is 127. The van der Waals surface area contributed by atoms with Crippen molar-refractivity contribution in [3.63, 3.8) is 0 Å². The number of carbonyl (C=O) groups is 1. The van der Waals surface area contributed by atoms with Crippen LogP contribution in [0.4, 0.5) is 11.5 Å². The summed E-state index contributed by atoms with van der Waals surface area (Å²) in [6.45, 7) is 2.09. The van der Waals surface area contributed by atoms with Gasteiger partial charge in [0.05, 0.1) is 11.9 Å². The van der Waals surface area contributed by atoms with Gasteiger partial charge in [-0.25, -0.2) is 4.98 Å². The molecule has 3 rings (SSSR count). The highest BCUT2D eigenvalue weighted by molar-refractivity contribution is 14.1. The Morgan fingerprint density at radius 1 is 1.35 bits per heavy atom. The molecular formula is C16H16IN5O. The van der Waals surface area contributed by atoms with Crippen molar-refractivity contribution in [1.29, 1.82) is 0 Å². The third-order valence-electron chi connectivity index (χ3n) is 3.56. The van der Waals surface area contributed by atoms with Gasteiger partial charge in [-0.05, 0) is 30.7 Å². The molecule has 3 N–H and O–H groups in total. The predicted molar refractivity (Wildman–Crippen MR) is 98.3 cm³/mol. The number of fused-ring (bicyclic) bond motifs is 1. The van der Waals surface area contributed by atoms with Crippen LogP contribution in [-0.4, -0.2) is 20.5 Å². The summed E-state index contributed by atoms with van der Waals surface area (Å²) in [7, 11) is 0. The van der Waals surface area contributed by atoms with E-state index < -0.39 is 5.91 Å². The molecule has 0 atom stereocenters. The van der Waals surface area contributed by atoms with Crippen molar-refractivity contribution in [2.45, 2.75) is 17.8 Å². The first kappa shape index (κ1) is 15.7. The Balaban J connectivity index is 2.01. The van der Waals surface area contributed by atoms with Gasteiger partial charge in [0, 0.05) is 27.3 Å². The number of rotatable bonds is 5. The molecular weight excluding hydrogens is 405 g/mol. The first-order chi connectivity index (χ1) is 11.1. The predicted octanol–water partition coefficient (Wildman–Crippen LogP) is 3.07. The molecule has 0 saturated heterocycles. The lowest BCUT2D eigenvalue weighted by atomic mass is 10.2. The van der Waals surface area contributed by atoms with Crippen molar-refractivity contribution >= 4 is 45.7 Å². The topological polar surface area (TPSA) is 85.3 Å². The zero-order valence-electron chi connectivity index (χ0n) is 12.6. The number of nitrogens with two attached hydrogens (primary N) is 1. The van der Waals surface area contributed by atoms with E-state index in [0.717, 1.165) is 39.3 Å². The highest BCUT2D eigenvalue weighted by Crippen LogP contribution is 2.22. The summed E-state index contributed by atoms with van der Waals surface area (Å²) >= 11 is 2.30. The monoisotopic (exact) mass is 421 g/mol. The van der Waals surface area contributed by atoms with Crippen molar-refractivity contribution in [2.24, 2.45) is 5.73 Å². The van der Waals surface area contributed by atoms with Crippen molar-refractivity contribution in [2.75, 3.05) is 5.32 Å². The Morgan fingerprint density at radius 3 is 2.70 bits per heavy atom. The minimum atomic E-state index is -0.435. The van der Waals surface area contributed by atoms with E-state index in [0.29, 0.717) is 5.56 Å². The van der Waals surface area contributed by atoms with Gasteiger partial charge in [-0.2, -0.15) is 9.61 Å². The maximum Gasteiger partial charge on any atom is 0.248 e. The second-order valence-electron chi connectivity index (χ2n) is 5.09. The molecule has 1 aromatic carbocycles. The Kier molecular flexibility index (Phi) is 4.46. The number of amides is 1. The molecule has 23 heavy (non-hydrogen) atoms. The summed E-state index contributed by atoms with van der Waals surface area (Å²) in [4.78, 5) is 15.8. The summed E-state index contributed by atoms with van der Waals surface area (Å²) in [5.74, 6) is 0.405. The van der Waals surface area contributed by atoms with Crippen LogP contribution in [0.1, 0.15) is 28.5 Å².